The van der Waals surface area contributed by atoms with E-state index in [1.54, 1.807) is 6.08 Å². The highest BCUT2D eigenvalue weighted by molar-refractivity contribution is 8.18. The highest BCUT2D eigenvalue weighted by Gasteiger charge is 2.36. The molecule has 10 heteroatoms. The van der Waals surface area contributed by atoms with Gasteiger partial charge in [0.05, 0.1) is 18.1 Å². The second-order valence-corrected chi connectivity index (χ2v) is 10.1. The molecule has 1 N–H and O–H groups in total. The van der Waals surface area contributed by atoms with Gasteiger partial charge in [0.25, 0.3) is 11.1 Å². The maximum Gasteiger partial charge on any atom is 0.294 e. The first kappa shape index (κ1) is 25.1. The Balaban J connectivity index is 1.24. The molecular weight excluding hydrogens is 512 g/mol. The van der Waals surface area contributed by atoms with E-state index in [4.69, 9.17) is 16.3 Å². The lowest BCUT2D eigenvalue weighted by Crippen LogP contribution is -2.36. The number of nitrogens with one attached hydrogen (secondary N) is 1. The fourth-order valence-electron chi connectivity index (χ4n) is 4.17. The number of hydrogen-bond acceptors (Lipinski definition) is 6. The second kappa shape index (κ2) is 10.8. The van der Waals surface area contributed by atoms with Crippen molar-refractivity contribution in [3.63, 3.8) is 0 Å². The molecule has 3 amide bonds. The van der Waals surface area contributed by atoms with Crippen molar-refractivity contribution >= 4 is 57.9 Å². The monoisotopic (exact) mass is 536 g/mol. The van der Waals surface area contributed by atoms with Crippen molar-refractivity contribution in [1.29, 1.82) is 0 Å². The Kier molecular flexibility index (Phi) is 7.36. The summed E-state index contributed by atoms with van der Waals surface area (Å²) in [5, 5.41) is 2.92. The van der Waals surface area contributed by atoms with Crippen LogP contribution in [0.5, 0.6) is 0 Å². The maximum absolute atomic E-state index is 13.0. The molecule has 0 unspecified atom stereocenters. The fourth-order valence-corrected chi connectivity index (χ4v) is 5.17. The molecule has 1 aromatic heterocycles. The number of morpholine rings is 1. The highest BCUT2D eigenvalue weighted by atomic mass is 35.5. The lowest BCUT2D eigenvalue weighted by atomic mass is 10.2. The number of aryl methyl sites for hydroxylation is 1. The van der Waals surface area contributed by atoms with E-state index >= 15 is 0 Å². The molecule has 37 heavy (non-hydrogen) atoms. The van der Waals surface area contributed by atoms with Crippen molar-refractivity contribution in [2.24, 2.45) is 0 Å². The van der Waals surface area contributed by atoms with E-state index < -0.39 is 17.1 Å². The number of imide groups is 1. The third-order valence-electron chi connectivity index (χ3n) is 6.20. The number of thioether (sulfide) groups is 1. The summed E-state index contributed by atoms with van der Waals surface area (Å²) in [6, 6.07) is 16.9. The van der Waals surface area contributed by atoms with Crippen molar-refractivity contribution in [2.75, 3.05) is 43.1 Å². The largest absolute Gasteiger partial charge is 0.378 e. The molecule has 2 saturated heterocycles. The fraction of sp³-hybridized carbons (Fsp3) is 0.222. The Morgan fingerprint density at radius 1 is 1.08 bits per heavy atom. The average molecular weight is 537 g/mol. The van der Waals surface area contributed by atoms with Crippen LogP contribution >= 0.6 is 23.4 Å². The standard InChI is InChI=1S/C27H25ClN4O4S/c1-18-4-7-22(15-23(18)28)31-10-2-3-21(31)16-24-26(34)32(27(35)37-24)17-25(33)29-19-5-8-20(9-6-19)30-11-13-36-14-12-30/h2-10,15-16H,11-14,17H2,1H3,(H,29,33)/b24-16-. The van der Waals surface area contributed by atoms with Gasteiger partial charge in [0.1, 0.15) is 6.54 Å². The van der Waals surface area contributed by atoms with Crippen LogP contribution in [0.25, 0.3) is 11.8 Å². The molecule has 0 aliphatic carbocycles. The molecule has 8 nitrogen and oxygen atoms in total. The van der Waals surface area contributed by atoms with Crippen molar-refractivity contribution in [2.45, 2.75) is 6.92 Å². The topological polar surface area (TPSA) is 83.9 Å². The number of carbonyl (C=O) groups is 3. The molecule has 190 valence electrons. The van der Waals surface area contributed by atoms with Crippen molar-refractivity contribution < 1.29 is 19.1 Å². The van der Waals surface area contributed by atoms with Crippen LogP contribution in [0.15, 0.2) is 65.7 Å². The average Bonchev–Trinajstić information content (AvgIpc) is 3.46. The molecule has 0 atom stereocenters. The normalized spacial score (nSPS) is 17.1. The summed E-state index contributed by atoms with van der Waals surface area (Å²) in [5.74, 6) is -0.942. The number of halogens is 1. The Morgan fingerprint density at radius 3 is 2.54 bits per heavy atom. The maximum atomic E-state index is 13.0. The minimum absolute atomic E-state index is 0.255. The number of nitrogens with zero attached hydrogens (tertiary/aromatic N) is 3. The number of carbonyl (C=O) groups excluding carboxylic acids is 3. The first-order chi connectivity index (χ1) is 17.9. The Labute approximate surface area is 223 Å². The van der Waals surface area contributed by atoms with E-state index in [0.717, 1.165) is 52.4 Å². The van der Waals surface area contributed by atoms with Gasteiger partial charge in [-0.3, -0.25) is 19.3 Å². The van der Waals surface area contributed by atoms with Crippen LogP contribution < -0.4 is 10.2 Å². The summed E-state index contributed by atoms with van der Waals surface area (Å²) in [6.07, 6.45) is 3.51. The SMILES string of the molecule is Cc1ccc(-n2cccc2/C=C2\SC(=O)N(CC(=O)Nc3ccc(N4CCOCC4)cc3)C2=O)cc1Cl. The molecule has 0 spiro atoms. The molecule has 3 heterocycles. The Bertz CT molecular complexity index is 1380. The third kappa shape index (κ3) is 5.58. The lowest BCUT2D eigenvalue weighted by molar-refractivity contribution is -0.127. The molecule has 2 aliphatic heterocycles. The number of rotatable bonds is 6. The van der Waals surface area contributed by atoms with Crippen LogP contribution in [0.1, 0.15) is 11.3 Å². The predicted molar refractivity (Wildman–Crippen MR) is 146 cm³/mol. The molecule has 5 rings (SSSR count). The van der Waals surface area contributed by atoms with Crippen molar-refractivity contribution in [1.82, 2.24) is 9.47 Å². The van der Waals surface area contributed by atoms with Gasteiger partial charge in [-0.1, -0.05) is 17.7 Å². The summed E-state index contributed by atoms with van der Waals surface area (Å²) in [4.78, 5) is 41.6. The zero-order valence-electron chi connectivity index (χ0n) is 20.1. The van der Waals surface area contributed by atoms with Gasteiger partial charge in [0.15, 0.2) is 0 Å². The van der Waals surface area contributed by atoms with E-state index in [2.05, 4.69) is 10.2 Å². The quantitative estimate of drug-likeness (QED) is 0.449. The molecule has 2 aliphatic rings. The second-order valence-electron chi connectivity index (χ2n) is 8.70. The van der Waals surface area contributed by atoms with Gasteiger partial charge in [-0.05, 0) is 78.9 Å². The minimum atomic E-state index is -0.498. The zero-order valence-corrected chi connectivity index (χ0v) is 21.7. The first-order valence-corrected chi connectivity index (χ1v) is 13.0. The van der Waals surface area contributed by atoms with Crippen LogP contribution in [0.3, 0.4) is 0 Å². The van der Waals surface area contributed by atoms with Gasteiger partial charge in [-0.25, -0.2) is 0 Å². The molecule has 2 aromatic carbocycles. The summed E-state index contributed by atoms with van der Waals surface area (Å²) >= 11 is 7.10. The highest BCUT2D eigenvalue weighted by Crippen LogP contribution is 2.33. The van der Waals surface area contributed by atoms with Crippen LogP contribution in [-0.4, -0.2) is 59.4 Å². The van der Waals surface area contributed by atoms with Gasteiger partial charge in [0, 0.05) is 47.1 Å². The third-order valence-corrected chi connectivity index (χ3v) is 7.51. The Hall–Kier alpha value is -3.53. The van der Waals surface area contributed by atoms with Crippen LogP contribution in [0.2, 0.25) is 5.02 Å². The minimum Gasteiger partial charge on any atom is -0.378 e. The first-order valence-electron chi connectivity index (χ1n) is 11.8. The van der Waals surface area contributed by atoms with Crippen molar-refractivity contribution in [3.8, 4) is 5.69 Å². The zero-order chi connectivity index (χ0) is 25.9. The number of benzene rings is 2. The van der Waals surface area contributed by atoms with E-state index in [-0.39, 0.29) is 11.4 Å². The molecule has 3 aromatic rings. The van der Waals surface area contributed by atoms with E-state index in [9.17, 15) is 14.4 Å². The van der Waals surface area contributed by atoms with Gasteiger partial charge in [-0.2, -0.15) is 0 Å². The predicted octanol–water partition coefficient (Wildman–Crippen LogP) is 4.95. The van der Waals surface area contributed by atoms with E-state index in [0.29, 0.717) is 23.9 Å². The number of amides is 3. The number of anilines is 2. The summed E-state index contributed by atoms with van der Waals surface area (Å²) in [5.41, 5.74) is 4.17. The van der Waals surface area contributed by atoms with Gasteiger partial charge in [-0.15, -0.1) is 0 Å². The molecule has 0 radical (unpaired) electrons. The molecular formula is C27H25ClN4O4S. The molecule has 2 fully saturated rings. The number of hydrogen-bond donors (Lipinski definition) is 1. The van der Waals surface area contributed by atoms with Crippen LogP contribution in [0.4, 0.5) is 16.2 Å². The molecule has 0 bridgehead atoms. The Morgan fingerprint density at radius 2 is 1.81 bits per heavy atom. The number of aromatic nitrogens is 1. The van der Waals surface area contributed by atoms with Crippen LogP contribution in [0, 0.1) is 6.92 Å². The number of ether oxygens (including phenoxy) is 1. The van der Waals surface area contributed by atoms with E-state index in [1.165, 1.54) is 0 Å². The van der Waals surface area contributed by atoms with Gasteiger partial charge < -0.3 is 19.5 Å². The van der Waals surface area contributed by atoms with Crippen LogP contribution in [-0.2, 0) is 14.3 Å². The summed E-state index contributed by atoms with van der Waals surface area (Å²) < 4.78 is 7.26. The summed E-state index contributed by atoms with van der Waals surface area (Å²) in [7, 11) is 0. The van der Waals surface area contributed by atoms with Crippen molar-refractivity contribution in [3.05, 3.63) is 82.0 Å². The van der Waals surface area contributed by atoms with Gasteiger partial charge >= 0.3 is 0 Å². The molecule has 0 saturated carbocycles. The summed E-state index contributed by atoms with van der Waals surface area (Å²) in [6.45, 7) is 4.59. The smallest absolute Gasteiger partial charge is 0.294 e. The van der Waals surface area contributed by atoms with Gasteiger partial charge in [0.2, 0.25) is 5.91 Å². The lowest BCUT2D eigenvalue weighted by Gasteiger charge is -2.28. The van der Waals surface area contributed by atoms with E-state index in [1.807, 2.05) is 72.3 Å².